The molecule has 114 valence electrons. The van der Waals surface area contributed by atoms with Gasteiger partial charge in [-0.15, -0.1) is 0 Å². The summed E-state index contributed by atoms with van der Waals surface area (Å²) in [7, 11) is 0. The van der Waals surface area contributed by atoms with Gasteiger partial charge in [-0.3, -0.25) is 15.4 Å². The highest BCUT2D eigenvalue weighted by atomic mass is 19.1. The Bertz CT molecular complexity index is 681. The first-order valence-corrected chi connectivity index (χ1v) is 6.39. The fraction of sp³-hybridized carbons (Fsp3) is 0.133. The Hall–Kier alpha value is -2.96. The maximum absolute atomic E-state index is 13.8. The van der Waals surface area contributed by atoms with Crippen LogP contribution in [0.2, 0.25) is 0 Å². The molecule has 0 aliphatic carbocycles. The van der Waals surface area contributed by atoms with E-state index in [1.807, 2.05) is 6.07 Å². The molecular weight excluding hydrogens is 291 g/mol. The summed E-state index contributed by atoms with van der Waals surface area (Å²) in [6, 6.07) is 10.9. The maximum atomic E-state index is 13.8. The minimum absolute atomic E-state index is 0.0420. The smallest absolute Gasteiger partial charge is 0.412 e. The van der Waals surface area contributed by atoms with Crippen molar-refractivity contribution in [1.29, 1.82) is 0 Å². The van der Waals surface area contributed by atoms with E-state index in [0.29, 0.717) is 0 Å². The first-order valence-electron chi connectivity index (χ1n) is 6.39. The zero-order chi connectivity index (χ0) is 16.1. The van der Waals surface area contributed by atoms with Crippen molar-refractivity contribution in [2.45, 2.75) is 13.5 Å². The predicted molar refractivity (Wildman–Crippen MR) is 78.0 cm³/mol. The molecule has 0 fully saturated rings. The third kappa shape index (κ3) is 3.78. The molecule has 7 heteroatoms. The number of rotatable bonds is 4. The van der Waals surface area contributed by atoms with Crippen molar-refractivity contribution >= 4 is 17.5 Å². The van der Waals surface area contributed by atoms with Gasteiger partial charge in [-0.05, 0) is 18.1 Å². The summed E-state index contributed by atoms with van der Waals surface area (Å²) in [5.41, 5.74) is 0.517. The number of non-ortho nitro benzene ring substituents is 1. The molecule has 0 aliphatic rings. The number of carbonyl (C=O) groups is 1. The van der Waals surface area contributed by atoms with Gasteiger partial charge in [0.05, 0.1) is 16.7 Å². The van der Waals surface area contributed by atoms with Gasteiger partial charge in [0.1, 0.15) is 6.61 Å². The van der Waals surface area contributed by atoms with Crippen LogP contribution in [0.5, 0.6) is 0 Å². The van der Waals surface area contributed by atoms with Gasteiger partial charge in [-0.2, -0.15) is 0 Å². The zero-order valence-corrected chi connectivity index (χ0v) is 11.7. The van der Waals surface area contributed by atoms with Gasteiger partial charge in [0.2, 0.25) is 0 Å². The highest BCUT2D eigenvalue weighted by Gasteiger charge is 2.16. The normalized spacial score (nSPS) is 10.1. The molecule has 0 spiro atoms. The van der Waals surface area contributed by atoms with Crippen LogP contribution in [0, 0.1) is 22.9 Å². The number of carbonyl (C=O) groups excluding carboxylic acids is 1. The highest BCUT2D eigenvalue weighted by molar-refractivity contribution is 5.86. The minimum Gasteiger partial charge on any atom is -0.444 e. The fourth-order valence-corrected chi connectivity index (χ4v) is 1.85. The van der Waals surface area contributed by atoms with E-state index in [1.54, 1.807) is 24.3 Å². The quantitative estimate of drug-likeness (QED) is 0.688. The van der Waals surface area contributed by atoms with Gasteiger partial charge in [-0.25, -0.2) is 9.18 Å². The number of nitrogens with one attached hydrogen (secondary N) is 1. The van der Waals surface area contributed by atoms with Crippen LogP contribution in [0.4, 0.5) is 20.6 Å². The van der Waals surface area contributed by atoms with Crippen LogP contribution in [0.25, 0.3) is 0 Å². The predicted octanol–water partition coefficient (Wildman–Crippen LogP) is 3.79. The molecule has 2 rings (SSSR count). The largest absolute Gasteiger partial charge is 0.444 e. The van der Waals surface area contributed by atoms with Gasteiger partial charge in [-0.1, -0.05) is 30.3 Å². The molecule has 0 saturated heterocycles. The van der Waals surface area contributed by atoms with Crippen LogP contribution in [0.3, 0.4) is 0 Å². The molecule has 0 bridgehead atoms. The molecule has 2 aromatic rings. The van der Waals surface area contributed by atoms with Gasteiger partial charge in [0.15, 0.2) is 5.82 Å². The first kappa shape index (κ1) is 15.4. The molecule has 22 heavy (non-hydrogen) atoms. The molecule has 0 unspecified atom stereocenters. The number of hydrogen-bond acceptors (Lipinski definition) is 4. The number of benzene rings is 2. The second-order valence-electron chi connectivity index (χ2n) is 4.56. The Labute approximate surface area is 125 Å². The summed E-state index contributed by atoms with van der Waals surface area (Å²) in [5, 5.41) is 12.9. The third-order valence-electron chi connectivity index (χ3n) is 2.92. The summed E-state index contributed by atoms with van der Waals surface area (Å²) in [4.78, 5) is 21.6. The lowest BCUT2D eigenvalue weighted by atomic mass is 10.1. The summed E-state index contributed by atoms with van der Waals surface area (Å²) >= 11 is 0. The van der Waals surface area contributed by atoms with Gasteiger partial charge in [0, 0.05) is 6.07 Å². The van der Waals surface area contributed by atoms with E-state index >= 15 is 0 Å². The number of nitro groups is 1. The van der Waals surface area contributed by atoms with Gasteiger partial charge < -0.3 is 4.74 Å². The molecule has 2 aromatic carbocycles. The molecule has 1 N–H and O–H groups in total. The van der Waals surface area contributed by atoms with Crippen molar-refractivity contribution < 1.29 is 18.8 Å². The Morgan fingerprint density at radius 1 is 1.32 bits per heavy atom. The second-order valence-corrected chi connectivity index (χ2v) is 4.56. The number of aryl methyl sites for hydroxylation is 1. The molecule has 0 aromatic heterocycles. The van der Waals surface area contributed by atoms with Crippen LogP contribution in [0.1, 0.15) is 11.1 Å². The van der Waals surface area contributed by atoms with E-state index < -0.39 is 16.8 Å². The Morgan fingerprint density at radius 3 is 2.59 bits per heavy atom. The van der Waals surface area contributed by atoms with E-state index in [2.05, 4.69) is 5.32 Å². The molecule has 1 amide bonds. The monoisotopic (exact) mass is 304 g/mol. The van der Waals surface area contributed by atoms with Crippen molar-refractivity contribution in [3.8, 4) is 0 Å². The molecule has 0 aliphatic heterocycles. The van der Waals surface area contributed by atoms with E-state index in [4.69, 9.17) is 4.74 Å². The van der Waals surface area contributed by atoms with Crippen LogP contribution in [0.15, 0.2) is 42.5 Å². The Kier molecular flexibility index (Phi) is 4.67. The lowest BCUT2D eigenvalue weighted by Crippen LogP contribution is -2.15. The van der Waals surface area contributed by atoms with Crippen molar-refractivity contribution in [3.05, 3.63) is 69.5 Å². The lowest BCUT2D eigenvalue weighted by Gasteiger charge is -2.10. The lowest BCUT2D eigenvalue weighted by molar-refractivity contribution is -0.385. The van der Waals surface area contributed by atoms with E-state index in [0.717, 1.165) is 11.6 Å². The number of hydrogen-bond donors (Lipinski definition) is 1. The van der Waals surface area contributed by atoms with Crippen LogP contribution in [-0.4, -0.2) is 11.0 Å². The molecular formula is C15H13FN2O4. The fourth-order valence-electron chi connectivity index (χ4n) is 1.85. The summed E-state index contributed by atoms with van der Waals surface area (Å²) in [6.45, 7) is 1.50. The van der Waals surface area contributed by atoms with Crippen LogP contribution >= 0.6 is 0 Å². The number of ether oxygens (including phenoxy) is 1. The zero-order valence-electron chi connectivity index (χ0n) is 11.7. The molecule has 0 radical (unpaired) electrons. The van der Waals surface area contributed by atoms with Crippen LogP contribution in [-0.2, 0) is 11.3 Å². The van der Waals surface area contributed by atoms with Crippen molar-refractivity contribution in [3.63, 3.8) is 0 Å². The summed E-state index contributed by atoms with van der Waals surface area (Å²) in [6.07, 6.45) is -0.834. The second kappa shape index (κ2) is 6.66. The third-order valence-corrected chi connectivity index (χ3v) is 2.92. The SMILES string of the molecule is Cc1cc([N+](=O)[O-])cc(F)c1NC(=O)OCc1ccccc1. The molecule has 0 atom stereocenters. The van der Waals surface area contributed by atoms with E-state index in [-0.39, 0.29) is 23.5 Å². The number of nitro benzene ring substituents is 1. The molecule has 6 nitrogen and oxygen atoms in total. The van der Waals surface area contributed by atoms with Crippen molar-refractivity contribution in [2.24, 2.45) is 0 Å². The number of anilines is 1. The first-order chi connectivity index (χ1) is 10.5. The Balaban J connectivity index is 2.04. The van der Waals surface area contributed by atoms with Crippen molar-refractivity contribution in [2.75, 3.05) is 5.32 Å². The van der Waals surface area contributed by atoms with E-state index in [9.17, 15) is 19.3 Å². The van der Waals surface area contributed by atoms with E-state index in [1.165, 1.54) is 13.0 Å². The highest BCUT2D eigenvalue weighted by Crippen LogP contribution is 2.25. The number of halogens is 1. The molecule has 0 saturated carbocycles. The van der Waals surface area contributed by atoms with Gasteiger partial charge >= 0.3 is 6.09 Å². The average Bonchev–Trinajstić information content (AvgIpc) is 2.49. The summed E-state index contributed by atoms with van der Waals surface area (Å²) in [5.74, 6) is -0.886. The van der Waals surface area contributed by atoms with Crippen molar-refractivity contribution in [1.82, 2.24) is 0 Å². The Morgan fingerprint density at radius 2 is 2.00 bits per heavy atom. The molecule has 0 heterocycles. The topological polar surface area (TPSA) is 81.5 Å². The number of nitrogens with zero attached hydrogens (tertiary/aromatic N) is 1. The summed E-state index contributed by atoms with van der Waals surface area (Å²) < 4.78 is 18.8. The average molecular weight is 304 g/mol. The minimum atomic E-state index is -0.886. The van der Waals surface area contributed by atoms with Crippen LogP contribution < -0.4 is 5.32 Å². The standard InChI is InChI=1S/C15H13FN2O4/c1-10-7-12(18(20)21)8-13(16)14(10)17-15(19)22-9-11-5-3-2-4-6-11/h2-8H,9H2,1H3,(H,17,19). The maximum Gasteiger partial charge on any atom is 0.412 e. The van der Waals surface area contributed by atoms with Gasteiger partial charge in [0.25, 0.3) is 5.69 Å². The number of amides is 1.